The summed E-state index contributed by atoms with van der Waals surface area (Å²) in [4.78, 5) is 12.7. The fourth-order valence-corrected chi connectivity index (χ4v) is 4.83. The molecule has 5 nitrogen and oxygen atoms in total. The summed E-state index contributed by atoms with van der Waals surface area (Å²) in [7, 11) is -3.33. The first-order chi connectivity index (χ1) is 12.7. The van der Waals surface area contributed by atoms with E-state index in [1.807, 2.05) is 6.92 Å². The number of rotatable bonds is 4. The van der Waals surface area contributed by atoms with Gasteiger partial charge in [0.2, 0.25) is 10.0 Å². The summed E-state index contributed by atoms with van der Waals surface area (Å²) in [5.74, 6) is -0.243. The molecular weight excluding hydrogens is 407 g/mol. The summed E-state index contributed by atoms with van der Waals surface area (Å²) in [5, 5.41) is 3.95. The van der Waals surface area contributed by atoms with Gasteiger partial charge in [-0.25, -0.2) is 8.42 Å². The Morgan fingerprint density at radius 3 is 2.59 bits per heavy atom. The molecule has 0 radical (unpaired) electrons. The van der Waals surface area contributed by atoms with Crippen LogP contribution in [0.2, 0.25) is 10.0 Å². The lowest BCUT2D eigenvalue weighted by Crippen LogP contribution is -2.35. The second-order valence-corrected chi connectivity index (χ2v) is 9.39. The molecule has 0 aliphatic carbocycles. The summed E-state index contributed by atoms with van der Waals surface area (Å²) in [6, 6.07) is 9.96. The van der Waals surface area contributed by atoms with Crippen LogP contribution in [0, 0.1) is 0 Å². The number of hydrogen-bond donors (Lipinski definition) is 1. The summed E-state index contributed by atoms with van der Waals surface area (Å²) in [6.45, 7) is 2.31. The minimum Gasteiger partial charge on any atom is -0.345 e. The highest BCUT2D eigenvalue weighted by Gasteiger charge is 2.25. The van der Waals surface area contributed by atoms with Gasteiger partial charge in [-0.3, -0.25) is 9.10 Å². The van der Waals surface area contributed by atoms with Crippen molar-refractivity contribution in [3.63, 3.8) is 0 Å². The number of hydrogen-bond acceptors (Lipinski definition) is 3. The first kappa shape index (κ1) is 20.0. The van der Waals surface area contributed by atoms with Crippen molar-refractivity contribution in [3.8, 4) is 0 Å². The third-order valence-electron chi connectivity index (χ3n) is 4.59. The highest BCUT2D eigenvalue weighted by Crippen LogP contribution is 2.30. The molecule has 0 saturated heterocycles. The number of carbonyl (C=O) groups excluding carboxylic acids is 1. The van der Waals surface area contributed by atoms with Gasteiger partial charge in [-0.15, -0.1) is 0 Å². The average molecular weight is 427 g/mol. The van der Waals surface area contributed by atoms with E-state index in [0.29, 0.717) is 27.8 Å². The third kappa shape index (κ3) is 4.39. The zero-order valence-corrected chi connectivity index (χ0v) is 17.3. The Morgan fingerprint density at radius 1 is 1.19 bits per heavy atom. The van der Waals surface area contributed by atoms with Crippen molar-refractivity contribution in [1.82, 2.24) is 5.32 Å². The van der Waals surface area contributed by atoms with Crippen molar-refractivity contribution in [2.24, 2.45) is 0 Å². The van der Waals surface area contributed by atoms with Crippen molar-refractivity contribution >= 4 is 44.8 Å². The Kier molecular flexibility index (Phi) is 5.70. The largest absolute Gasteiger partial charge is 0.345 e. The van der Waals surface area contributed by atoms with E-state index in [-0.39, 0.29) is 11.9 Å². The maximum Gasteiger partial charge on any atom is 0.251 e. The highest BCUT2D eigenvalue weighted by atomic mass is 35.5. The van der Waals surface area contributed by atoms with Crippen LogP contribution in [0.5, 0.6) is 0 Å². The van der Waals surface area contributed by atoms with Crippen LogP contribution in [0.15, 0.2) is 36.4 Å². The number of amides is 1. The molecule has 0 spiro atoms. The van der Waals surface area contributed by atoms with Gasteiger partial charge in [-0.2, -0.15) is 0 Å². The summed E-state index contributed by atoms with van der Waals surface area (Å²) in [6.07, 6.45) is 2.66. The molecule has 2 aromatic rings. The van der Waals surface area contributed by atoms with Crippen LogP contribution in [-0.2, 0) is 16.4 Å². The minimum atomic E-state index is -3.33. The van der Waals surface area contributed by atoms with Crippen LogP contribution in [0.25, 0.3) is 0 Å². The number of carbonyl (C=O) groups is 1. The minimum absolute atomic E-state index is 0.243. The van der Waals surface area contributed by atoms with Crippen molar-refractivity contribution in [3.05, 3.63) is 63.1 Å². The van der Waals surface area contributed by atoms with Crippen LogP contribution in [0.4, 0.5) is 5.69 Å². The van der Waals surface area contributed by atoms with Crippen molar-refractivity contribution in [2.75, 3.05) is 17.1 Å². The Bertz CT molecular complexity index is 992. The lowest BCUT2D eigenvalue weighted by atomic mass is 10.00. The lowest BCUT2D eigenvalue weighted by Gasteiger charge is -2.29. The van der Waals surface area contributed by atoms with E-state index in [2.05, 4.69) is 5.32 Å². The topological polar surface area (TPSA) is 66.5 Å². The van der Waals surface area contributed by atoms with Gasteiger partial charge in [0.05, 0.1) is 18.0 Å². The van der Waals surface area contributed by atoms with Crippen molar-refractivity contribution in [2.45, 2.75) is 25.8 Å². The Hall–Kier alpha value is -1.76. The van der Waals surface area contributed by atoms with Crippen LogP contribution in [0.1, 0.15) is 40.9 Å². The smallest absolute Gasteiger partial charge is 0.251 e. The fourth-order valence-electron chi connectivity index (χ4n) is 3.26. The molecular formula is C19H20Cl2N2O3S. The fraction of sp³-hybridized carbons (Fsp3) is 0.316. The molecule has 1 heterocycles. The monoisotopic (exact) mass is 426 g/mol. The molecule has 27 heavy (non-hydrogen) atoms. The lowest BCUT2D eigenvalue weighted by molar-refractivity contribution is 0.0940. The summed E-state index contributed by atoms with van der Waals surface area (Å²) < 4.78 is 25.3. The van der Waals surface area contributed by atoms with Crippen molar-refractivity contribution < 1.29 is 13.2 Å². The number of nitrogens with zero attached hydrogens (tertiary/aromatic N) is 1. The molecule has 1 unspecified atom stereocenters. The average Bonchev–Trinajstić information content (AvgIpc) is 2.59. The molecule has 0 fully saturated rings. The molecule has 2 aromatic carbocycles. The second-order valence-electron chi connectivity index (χ2n) is 6.64. The van der Waals surface area contributed by atoms with Crippen molar-refractivity contribution in [1.29, 1.82) is 0 Å². The van der Waals surface area contributed by atoms with E-state index >= 15 is 0 Å². The zero-order chi connectivity index (χ0) is 19.8. The quantitative estimate of drug-likeness (QED) is 0.796. The van der Waals surface area contributed by atoms with Crippen LogP contribution in [0.3, 0.4) is 0 Å². The SMILES string of the molecule is CC(NC(=O)c1ccc2c(c1)CCCN2S(C)(=O)=O)c1ccc(Cl)cc1Cl. The number of benzene rings is 2. The van der Waals surface area contributed by atoms with Gasteiger partial charge in [-0.1, -0.05) is 29.3 Å². The molecule has 3 rings (SSSR count). The summed E-state index contributed by atoms with van der Waals surface area (Å²) in [5.41, 5.74) is 2.77. The maximum absolute atomic E-state index is 12.7. The molecule has 1 aliphatic rings. The molecule has 1 aliphatic heterocycles. The molecule has 1 atom stereocenters. The number of halogens is 2. The van der Waals surface area contributed by atoms with E-state index in [1.165, 1.54) is 10.6 Å². The Labute approximate surface area is 169 Å². The zero-order valence-electron chi connectivity index (χ0n) is 15.0. The first-order valence-electron chi connectivity index (χ1n) is 8.53. The second kappa shape index (κ2) is 7.70. The number of aryl methyl sites for hydroxylation is 1. The van der Waals surface area contributed by atoms with Gasteiger partial charge in [-0.05, 0) is 61.2 Å². The van der Waals surface area contributed by atoms with Crippen LogP contribution >= 0.6 is 23.2 Å². The molecule has 0 saturated carbocycles. The standard InChI is InChI=1S/C19H20Cl2N2O3S/c1-12(16-7-6-15(20)11-17(16)21)22-19(24)14-5-8-18-13(10-14)4-3-9-23(18)27(2,25)26/h5-8,10-12H,3-4,9H2,1-2H3,(H,22,24). The van der Waals surface area contributed by atoms with Gasteiger partial charge >= 0.3 is 0 Å². The van der Waals surface area contributed by atoms with E-state index in [4.69, 9.17) is 23.2 Å². The molecule has 0 aromatic heterocycles. The Balaban J connectivity index is 1.82. The predicted octanol–water partition coefficient (Wildman–Crippen LogP) is 4.20. The van der Waals surface area contributed by atoms with Crippen LogP contribution in [-0.4, -0.2) is 27.1 Å². The molecule has 0 bridgehead atoms. The Morgan fingerprint density at radius 2 is 1.93 bits per heavy atom. The first-order valence-corrected chi connectivity index (χ1v) is 11.1. The van der Waals surface area contributed by atoms with Crippen LogP contribution < -0.4 is 9.62 Å². The normalized spacial score (nSPS) is 15.2. The van der Waals surface area contributed by atoms with Gasteiger partial charge in [0, 0.05) is 22.2 Å². The van der Waals surface area contributed by atoms with Gasteiger partial charge in [0.15, 0.2) is 0 Å². The third-order valence-corrected chi connectivity index (χ3v) is 6.34. The maximum atomic E-state index is 12.7. The summed E-state index contributed by atoms with van der Waals surface area (Å²) >= 11 is 12.1. The molecule has 1 N–H and O–H groups in total. The van der Waals surface area contributed by atoms with Gasteiger partial charge in [0.25, 0.3) is 5.91 Å². The van der Waals surface area contributed by atoms with E-state index in [1.54, 1.807) is 36.4 Å². The van der Waals surface area contributed by atoms with Gasteiger partial charge < -0.3 is 5.32 Å². The highest BCUT2D eigenvalue weighted by molar-refractivity contribution is 7.92. The number of anilines is 1. The number of sulfonamides is 1. The van der Waals surface area contributed by atoms with E-state index in [0.717, 1.165) is 24.0 Å². The van der Waals surface area contributed by atoms with E-state index < -0.39 is 10.0 Å². The number of nitrogens with one attached hydrogen (secondary N) is 1. The molecule has 1 amide bonds. The molecule has 144 valence electrons. The molecule has 8 heteroatoms. The predicted molar refractivity (Wildman–Crippen MR) is 109 cm³/mol. The van der Waals surface area contributed by atoms with E-state index in [9.17, 15) is 13.2 Å². The van der Waals surface area contributed by atoms with Gasteiger partial charge in [0.1, 0.15) is 0 Å². The number of fused-ring (bicyclic) bond motifs is 1.